The summed E-state index contributed by atoms with van der Waals surface area (Å²) in [7, 11) is 0. The second-order valence-corrected chi connectivity index (χ2v) is 4.35. The number of carboxylic acid groups (broad SMARTS) is 1. The van der Waals surface area contributed by atoms with Gasteiger partial charge in [-0.2, -0.15) is 0 Å². The van der Waals surface area contributed by atoms with Crippen LogP contribution in [-0.4, -0.2) is 17.7 Å². The second-order valence-electron chi connectivity index (χ2n) is 3.48. The largest absolute Gasteiger partial charge is 0.493 e. The van der Waals surface area contributed by atoms with Gasteiger partial charge in [-0.05, 0) is 24.6 Å². The summed E-state index contributed by atoms with van der Waals surface area (Å²) in [5.41, 5.74) is 0. The Morgan fingerprint density at radius 2 is 1.94 bits per heavy atom. The van der Waals surface area contributed by atoms with Crippen molar-refractivity contribution in [1.29, 1.82) is 0 Å². The van der Waals surface area contributed by atoms with Gasteiger partial charge in [0.2, 0.25) is 0 Å². The highest BCUT2D eigenvalue weighted by Gasteiger charge is 2.10. The quantitative estimate of drug-likeness (QED) is 0.884. The van der Waals surface area contributed by atoms with Gasteiger partial charge >= 0.3 is 5.97 Å². The van der Waals surface area contributed by atoms with Crippen LogP contribution in [0.2, 0.25) is 10.0 Å². The highest BCUT2D eigenvalue weighted by Crippen LogP contribution is 2.24. The molecule has 0 heterocycles. The van der Waals surface area contributed by atoms with Gasteiger partial charge in [0.25, 0.3) is 0 Å². The van der Waals surface area contributed by atoms with Crippen LogP contribution in [0.4, 0.5) is 0 Å². The molecular formula is C11H12Cl2O3. The van der Waals surface area contributed by atoms with Gasteiger partial charge in [-0.25, -0.2) is 0 Å². The SMILES string of the molecule is CC(CCOc1cc(Cl)cc(Cl)c1)C(=O)O. The molecule has 0 bridgehead atoms. The van der Waals surface area contributed by atoms with Crippen molar-refractivity contribution >= 4 is 29.2 Å². The molecule has 3 nitrogen and oxygen atoms in total. The fraction of sp³-hybridized carbons (Fsp3) is 0.364. The highest BCUT2D eigenvalue weighted by atomic mass is 35.5. The Labute approximate surface area is 104 Å². The van der Waals surface area contributed by atoms with E-state index in [1.807, 2.05) is 0 Å². The first kappa shape index (κ1) is 13.1. The number of hydrogen-bond donors (Lipinski definition) is 1. The van der Waals surface area contributed by atoms with Crippen LogP contribution in [0.15, 0.2) is 18.2 Å². The summed E-state index contributed by atoms with van der Waals surface area (Å²) in [6, 6.07) is 4.88. The predicted octanol–water partition coefficient (Wildman–Crippen LogP) is 3.48. The maximum Gasteiger partial charge on any atom is 0.306 e. The molecule has 1 aromatic rings. The molecule has 0 fully saturated rings. The van der Waals surface area contributed by atoms with Crippen LogP contribution in [0.5, 0.6) is 5.75 Å². The minimum absolute atomic E-state index is 0.324. The molecule has 0 saturated carbocycles. The lowest BCUT2D eigenvalue weighted by Gasteiger charge is -2.09. The Morgan fingerprint density at radius 3 is 2.44 bits per heavy atom. The Morgan fingerprint density at radius 1 is 1.38 bits per heavy atom. The minimum atomic E-state index is -0.826. The van der Waals surface area contributed by atoms with Crippen molar-refractivity contribution in [1.82, 2.24) is 0 Å². The van der Waals surface area contributed by atoms with E-state index in [1.54, 1.807) is 25.1 Å². The Balaban J connectivity index is 2.46. The Bertz CT molecular complexity index is 359. The van der Waals surface area contributed by atoms with E-state index in [9.17, 15) is 4.79 Å². The van der Waals surface area contributed by atoms with Crippen LogP contribution in [-0.2, 0) is 4.79 Å². The molecule has 0 aliphatic heterocycles. The van der Waals surface area contributed by atoms with Gasteiger partial charge in [-0.1, -0.05) is 30.1 Å². The molecule has 0 aromatic heterocycles. The van der Waals surface area contributed by atoms with Gasteiger partial charge < -0.3 is 9.84 Å². The average molecular weight is 263 g/mol. The van der Waals surface area contributed by atoms with Crippen LogP contribution < -0.4 is 4.74 Å². The number of aliphatic carboxylic acids is 1. The summed E-state index contributed by atoms with van der Waals surface area (Å²) in [5, 5.41) is 9.66. The molecule has 1 aromatic carbocycles. The number of benzene rings is 1. The fourth-order valence-electron chi connectivity index (χ4n) is 1.09. The lowest BCUT2D eigenvalue weighted by atomic mass is 10.1. The molecule has 0 radical (unpaired) electrons. The van der Waals surface area contributed by atoms with Gasteiger partial charge in [-0.3, -0.25) is 4.79 Å². The lowest BCUT2D eigenvalue weighted by molar-refractivity contribution is -0.141. The third-order valence-electron chi connectivity index (χ3n) is 2.08. The Hall–Kier alpha value is -0.930. The number of ether oxygens (including phenoxy) is 1. The zero-order chi connectivity index (χ0) is 12.1. The number of hydrogen-bond acceptors (Lipinski definition) is 2. The smallest absolute Gasteiger partial charge is 0.306 e. The first-order chi connectivity index (χ1) is 7.49. The van der Waals surface area contributed by atoms with E-state index < -0.39 is 11.9 Å². The molecule has 5 heteroatoms. The lowest BCUT2D eigenvalue weighted by Crippen LogP contribution is -2.13. The topological polar surface area (TPSA) is 46.5 Å². The normalized spacial score (nSPS) is 12.2. The van der Waals surface area contributed by atoms with Crippen LogP contribution >= 0.6 is 23.2 Å². The van der Waals surface area contributed by atoms with E-state index in [0.29, 0.717) is 28.8 Å². The van der Waals surface area contributed by atoms with Crippen molar-refractivity contribution < 1.29 is 14.6 Å². The Kier molecular flexibility index (Phi) is 4.90. The molecule has 1 unspecified atom stereocenters. The van der Waals surface area contributed by atoms with E-state index in [2.05, 4.69) is 0 Å². The molecule has 1 atom stereocenters. The van der Waals surface area contributed by atoms with E-state index >= 15 is 0 Å². The van der Waals surface area contributed by atoms with Gasteiger partial charge in [0.1, 0.15) is 5.75 Å². The first-order valence-corrected chi connectivity index (χ1v) is 5.56. The monoisotopic (exact) mass is 262 g/mol. The molecule has 0 saturated heterocycles. The van der Waals surface area contributed by atoms with E-state index in [-0.39, 0.29) is 0 Å². The minimum Gasteiger partial charge on any atom is -0.493 e. The van der Waals surface area contributed by atoms with Gasteiger partial charge in [-0.15, -0.1) is 0 Å². The van der Waals surface area contributed by atoms with E-state index in [1.165, 1.54) is 0 Å². The summed E-state index contributed by atoms with van der Waals surface area (Å²) >= 11 is 11.6. The molecule has 0 amide bonds. The molecule has 1 rings (SSSR count). The van der Waals surface area contributed by atoms with Crippen LogP contribution in [0.3, 0.4) is 0 Å². The van der Waals surface area contributed by atoms with Crippen molar-refractivity contribution in [2.45, 2.75) is 13.3 Å². The van der Waals surface area contributed by atoms with Crippen molar-refractivity contribution in [2.75, 3.05) is 6.61 Å². The van der Waals surface area contributed by atoms with Crippen molar-refractivity contribution in [3.63, 3.8) is 0 Å². The average Bonchev–Trinajstić information content (AvgIpc) is 2.15. The maximum atomic E-state index is 10.6. The summed E-state index contributed by atoms with van der Waals surface area (Å²) in [4.78, 5) is 10.6. The third kappa shape index (κ3) is 4.29. The van der Waals surface area contributed by atoms with Crippen molar-refractivity contribution in [3.8, 4) is 5.75 Å². The number of rotatable bonds is 5. The summed E-state index contributed by atoms with van der Waals surface area (Å²) in [6.07, 6.45) is 0.444. The first-order valence-electron chi connectivity index (χ1n) is 4.80. The summed E-state index contributed by atoms with van der Waals surface area (Å²) < 4.78 is 5.36. The van der Waals surface area contributed by atoms with Gasteiger partial charge in [0, 0.05) is 10.0 Å². The molecule has 16 heavy (non-hydrogen) atoms. The van der Waals surface area contributed by atoms with E-state index in [4.69, 9.17) is 33.0 Å². The molecule has 1 N–H and O–H groups in total. The summed E-state index contributed by atoms with van der Waals surface area (Å²) in [6.45, 7) is 1.96. The van der Waals surface area contributed by atoms with Gasteiger partial charge in [0.15, 0.2) is 0 Å². The zero-order valence-corrected chi connectivity index (χ0v) is 10.3. The van der Waals surface area contributed by atoms with Crippen LogP contribution in [0.1, 0.15) is 13.3 Å². The fourth-order valence-corrected chi connectivity index (χ4v) is 1.59. The maximum absolute atomic E-state index is 10.6. The molecule has 88 valence electrons. The standard InChI is InChI=1S/C11H12Cl2O3/c1-7(11(14)15)2-3-16-10-5-8(12)4-9(13)6-10/h4-7H,2-3H2,1H3,(H,14,15). The predicted molar refractivity (Wildman–Crippen MR) is 63.4 cm³/mol. The van der Waals surface area contributed by atoms with Crippen LogP contribution in [0, 0.1) is 5.92 Å². The molecule has 0 aliphatic rings. The van der Waals surface area contributed by atoms with Crippen molar-refractivity contribution in [2.24, 2.45) is 5.92 Å². The number of carboxylic acids is 1. The van der Waals surface area contributed by atoms with Crippen molar-refractivity contribution in [3.05, 3.63) is 28.2 Å². The number of carbonyl (C=O) groups is 1. The number of halogens is 2. The van der Waals surface area contributed by atoms with Crippen LogP contribution in [0.25, 0.3) is 0 Å². The van der Waals surface area contributed by atoms with E-state index in [0.717, 1.165) is 0 Å². The molecule has 0 spiro atoms. The molecular weight excluding hydrogens is 251 g/mol. The van der Waals surface area contributed by atoms with Gasteiger partial charge in [0.05, 0.1) is 12.5 Å². The zero-order valence-electron chi connectivity index (χ0n) is 8.74. The third-order valence-corrected chi connectivity index (χ3v) is 2.51. The second kappa shape index (κ2) is 5.97. The highest BCUT2D eigenvalue weighted by molar-refractivity contribution is 6.34. The molecule has 0 aliphatic carbocycles. The summed E-state index contributed by atoms with van der Waals surface area (Å²) in [5.74, 6) is -0.697.